The Balaban J connectivity index is 1.83. The van der Waals surface area contributed by atoms with Gasteiger partial charge in [0.1, 0.15) is 19.0 Å². The van der Waals surface area contributed by atoms with Gasteiger partial charge >= 0.3 is 0 Å². The minimum Gasteiger partial charge on any atom is -0.490 e. The van der Waals surface area contributed by atoms with Crippen molar-refractivity contribution in [3.8, 4) is 17.2 Å². The van der Waals surface area contributed by atoms with E-state index < -0.39 is 0 Å². The molecule has 0 aromatic heterocycles. The van der Waals surface area contributed by atoms with Gasteiger partial charge in [-0.3, -0.25) is 0 Å². The number of ether oxygens (including phenoxy) is 3. The maximum atomic E-state index is 5.75. The molecular weight excluding hydrogens is 276 g/mol. The summed E-state index contributed by atoms with van der Waals surface area (Å²) in [7, 11) is 0. The zero-order valence-corrected chi connectivity index (χ0v) is 13.5. The van der Waals surface area contributed by atoms with Crippen LogP contribution in [0.4, 0.5) is 0 Å². The van der Waals surface area contributed by atoms with Gasteiger partial charge in [0.2, 0.25) is 0 Å². The highest BCUT2D eigenvalue weighted by Gasteiger charge is 2.04. The Labute approximate surface area is 132 Å². The van der Waals surface area contributed by atoms with Crippen LogP contribution in [-0.2, 0) is 0 Å². The molecule has 3 heteroatoms. The molecule has 0 atom stereocenters. The average molecular weight is 300 g/mol. The molecule has 0 aliphatic carbocycles. The van der Waals surface area contributed by atoms with Crippen LogP contribution in [0.1, 0.15) is 32.3 Å². The van der Waals surface area contributed by atoms with Gasteiger partial charge in [-0.15, -0.1) is 0 Å². The average Bonchev–Trinajstić information content (AvgIpc) is 2.53. The van der Waals surface area contributed by atoms with E-state index in [-0.39, 0.29) is 0 Å². The Kier molecular flexibility index (Phi) is 6.13. The van der Waals surface area contributed by atoms with Crippen molar-refractivity contribution in [3.05, 3.63) is 54.1 Å². The highest BCUT2D eigenvalue weighted by atomic mass is 16.5. The molecule has 3 nitrogen and oxygen atoms in total. The molecule has 0 saturated heterocycles. The SMILES string of the molecule is CCOc1ccccc1OCCOc1cccc(C(C)C)c1. The van der Waals surface area contributed by atoms with Crippen LogP contribution in [0, 0.1) is 0 Å². The lowest BCUT2D eigenvalue weighted by Crippen LogP contribution is -2.10. The maximum absolute atomic E-state index is 5.75. The highest BCUT2D eigenvalue weighted by molar-refractivity contribution is 5.39. The summed E-state index contributed by atoms with van der Waals surface area (Å²) < 4.78 is 17.0. The zero-order chi connectivity index (χ0) is 15.8. The highest BCUT2D eigenvalue weighted by Crippen LogP contribution is 2.26. The van der Waals surface area contributed by atoms with Gasteiger partial charge in [-0.25, -0.2) is 0 Å². The lowest BCUT2D eigenvalue weighted by atomic mass is 10.0. The Morgan fingerprint density at radius 2 is 1.50 bits per heavy atom. The van der Waals surface area contributed by atoms with Crippen LogP contribution >= 0.6 is 0 Å². The summed E-state index contributed by atoms with van der Waals surface area (Å²) in [6.45, 7) is 7.91. The first-order chi connectivity index (χ1) is 10.7. The predicted molar refractivity (Wildman–Crippen MR) is 89.1 cm³/mol. The molecule has 0 unspecified atom stereocenters. The molecule has 22 heavy (non-hydrogen) atoms. The van der Waals surface area contributed by atoms with Crippen LogP contribution in [0.25, 0.3) is 0 Å². The van der Waals surface area contributed by atoms with E-state index in [1.54, 1.807) is 0 Å². The van der Waals surface area contributed by atoms with Crippen LogP contribution < -0.4 is 14.2 Å². The number of hydrogen-bond donors (Lipinski definition) is 0. The van der Waals surface area contributed by atoms with E-state index in [9.17, 15) is 0 Å². The summed E-state index contributed by atoms with van der Waals surface area (Å²) in [5.41, 5.74) is 1.28. The van der Waals surface area contributed by atoms with E-state index in [0.717, 1.165) is 17.2 Å². The third kappa shape index (κ3) is 4.69. The summed E-state index contributed by atoms with van der Waals surface area (Å²) >= 11 is 0. The zero-order valence-electron chi connectivity index (χ0n) is 13.5. The first kappa shape index (κ1) is 16.2. The Morgan fingerprint density at radius 3 is 2.18 bits per heavy atom. The van der Waals surface area contributed by atoms with Crippen LogP contribution in [0.5, 0.6) is 17.2 Å². The fourth-order valence-electron chi connectivity index (χ4n) is 2.12. The normalized spacial score (nSPS) is 10.5. The molecule has 0 saturated carbocycles. The molecular formula is C19H24O3. The fraction of sp³-hybridized carbons (Fsp3) is 0.368. The monoisotopic (exact) mass is 300 g/mol. The molecule has 0 heterocycles. The Morgan fingerprint density at radius 1 is 0.818 bits per heavy atom. The third-order valence-electron chi connectivity index (χ3n) is 3.28. The fourth-order valence-corrected chi connectivity index (χ4v) is 2.12. The topological polar surface area (TPSA) is 27.7 Å². The standard InChI is InChI=1S/C19H24O3/c1-4-20-18-10-5-6-11-19(18)22-13-12-21-17-9-7-8-16(14-17)15(2)3/h5-11,14-15H,4,12-13H2,1-3H3. The van der Waals surface area contributed by atoms with Crippen molar-refractivity contribution >= 4 is 0 Å². The lowest BCUT2D eigenvalue weighted by molar-refractivity contribution is 0.208. The predicted octanol–water partition coefficient (Wildman–Crippen LogP) is 4.67. The van der Waals surface area contributed by atoms with Crippen LogP contribution in [0.2, 0.25) is 0 Å². The van der Waals surface area contributed by atoms with E-state index >= 15 is 0 Å². The summed E-state index contributed by atoms with van der Waals surface area (Å²) in [4.78, 5) is 0. The first-order valence-electron chi connectivity index (χ1n) is 7.78. The Bertz CT molecular complexity index is 578. The lowest BCUT2D eigenvalue weighted by Gasteiger charge is -2.13. The van der Waals surface area contributed by atoms with Crippen molar-refractivity contribution in [2.24, 2.45) is 0 Å². The van der Waals surface area contributed by atoms with Crippen molar-refractivity contribution in [3.63, 3.8) is 0 Å². The van der Waals surface area contributed by atoms with Crippen LogP contribution in [0.3, 0.4) is 0 Å². The molecule has 0 aliphatic rings. The molecule has 0 radical (unpaired) electrons. The number of rotatable bonds is 8. The minimum absolute atomic E-state index is 0.482. The van der Waals surface area contributed by atoms with E-state index in [0.29, 0.717) is 25.7 Å². The van der Waals surface area contributed by atoms with Gasteiger partial charge in [0.05, 0.1) is 6.61 Å². The van der Waals surface area contributed by atoms with Crippen molar-refractivity contribution in [1.29, 1.82) is 0 Å². The summed E-state index contributed by atoms with van der Waals surface area (Å²) in [5.74, 6) is 2.90. The van der Waals surface area contributed by atoms with Gasteiger partial charge in [-0.1, -0.05) is 38.1 Å². The molecule has 0 bridgehead atoms. The third-order valence-corrected chi connectivity index (χ3v) is 3.28. The molecule has 0 amide bonds. The van der Waals surface area contributed by atoms with E-state index in [1.807, 2.05) is 43.3 Å². The van der Waals surface area contributed by atoms with Gasteiger partial charge < -0.3 is 14.2 Å². The maximum Gasteiger partial charge on any atom is 0.161 e. The molecule has 2 aromatic carbocycles. The van der Waals surface area contributed by atoms with Crippen molar-refractivity contribution < 1.29 is 14.2 Å². The second-order valence-electron chi connectivity index (χ2n) is 5.30. The molecule has 0 aliphatic heterocycles. The molecule has 0 fully saturated rings. The van der Waals surface area contributed by atoms with Gasteiger partial charge in [-0.2, -0.15) is 0 Å². The van der Waals surface area contributed by atoms with Gasteiger partial charge in [-0.05, 0) is 42.7 Å². The second-order valence-corrected chi connectivity index (χ2v) is 5.30. The van der Waals surface area contributed by atoms with Crippen molar-refractivity contribution in [2.75, 3.05) is 19.8 Å². The van der Waals surface area contributed by atoms with Crippen LogP contribution in [-0.4, -0.2) is 19.8 Å². The second kappa shape index (κ2) is 8.32. The summed E-state index contributed by atoms with van der Waals surface area (Å²) in [6.07, 6.45) is 0. The molecule has 2 aromatic rings. The van der Waals surface area contributed by atoms with Crippen LogP contribution in [0.15, 0.2) is 48.5 Å². The summed E-state index contributed by atoms with van der Waals surface area (Å²) in [6, 6.07) is 15.9. The van der Waals surface area contributed by atoms with Crippen molar-refractivity contribution in [2.45, 2.75) is 26.7 Å². The van der Waals surface area contributed by atoms with E-state index in [2.05, 4.69) is 26.0 Å². The van der Waals surface area contributed by atoms with E-state index in [4.69, 9.17) is 14.2 Å². The Hall–Kier alpha value is -2.16. The van der Waals surface area contributed by atoms with E-state index in [1.165, 1.54) is 5.56 Å². The van der Waals surface area contributed by atoms with Gasteiger partial charge in [0, 0.05) is 0 Å². The number of benzene rings is 2. The number of para-hydroxylation sites is 2. The smallest absolute Gasteiger partial charge is 0.161 e. The molecule has 2 rings (SSSR count). The molecule has 0 N–H and O–H groups in total. The first-order valence-corrected chi connectivity index (χ1v) is 7.78. The quantitative estimate of drug-likeness (QED) is 0.663. The van der Waals surface area contributed by atoms with Gasteiger partial charge in [0.15, 0.2) is 11.5 Å². The summed E-state index contributed by atoms with van der Waals surface area (Å²) in [5, 5.41) is 0. The molecule has 118 valence electrons. The largest absolute Gasteiger partial charge is 0.490 e. The molecule has 0 spiro atoms. The van der Waals surface area contributed by atoms with Crippen molar-refractivity contribution in [1.82, 2.24) is 0 Å². The minimum atomic E-state index is 0.482. The van der Waals surface area contributed by atoms with Gasteiger partial charge in [0.25, 0.3) is 0 Å². The number of hydrogen-bond acceptors (Lipinski definition) is 3.